The van der Waals surface area contributed by atoms with Crippen LogP contribution < -0.4 is 5.32 Å². The van der Waals surface area contributed by atoms with Gasteiger partial charge in [0.25, 0.3) is 0 Å². The minimum Gasteiger partial charge on any atom is -0.316 e. The quantitative estimate of drug-likeness (QED) is 0.598. The lowest BCUT2D eigenvalue weighted by atomic mass is 10.00. The predicted octanol–water partition coefficient (Wildman–Crippen LogP) is 2.66. The third-order valence-electron chi connectivity index (χ3n) is 2.73. The summed E-state index contributed by atoms with van der Waals surface area (Å²) >= 11 is 0. The number of unbranched alkanes of at least 4 members (excludes halogenated alkanes) is 1. The number of hydrogen-bond donors (Lipinski definition) is 1. The first-order chi connectivity index (χ1) is 8.27. The highest BCUT2D eigenvalue weighted by Gasteiger charge is 2.04. The highest BCUT2D eigenvalue weighted by atomic mass is 14.8. The van der Waals surface area contributed by atoms with Gasteiger partial charge in [-0.05, 0) is 36.6 Å². The molecule has 0 aliphatic heterocycles. The topological polar surface area (TPSA) is 35.8 Å². The van der Waals surface area contributed by atoms with Crippen LogP contribution in [0.1, 0.15) is 36.8 Å². The largest absolute Gasteiger partial charge is 0.316 e. The second kappa shape index (κ2) is 7.49. The van der Waals surface area contributed by atoms with Gasteiger partial charge in [-0.1, -0.05) is 19.1 Å². The molecule has 0 bridgehead atoms. The summed E-state index contributed by atoms with van der Waals surface area (Å²) in [6.45, 7) is 4.08. The van der Waals surface area contributed by atoms with Gasteiger partial charge in [0.05, 0.1) is 11.6 Å². The lowest BCUT2D eigenvalue weighted by Crippen LogP contribution is -2.21. The lowest BCUT2D eigenvalue weighted by molar-refractivity contribution is 0.601. The summed E-state index contributed by atoms with van der Waals surface area (Å²) in [5, 5.41) is 12.1. The SMILES string of the molecule is C#CCCCNCC(C)c1ccc(C#N)cc1. The van der Waals surface area contributed by atoms with E-state index >= 15 is 0 Å². The summed E-state index contributed by atoms with van der Waals surface area (Å²) in [5.41, 5.74) is 1.97. The molecule has 0 aliphatic carbocycles. The van der Waals surface area contributed by atoms with Crippen LogP contribution in [-0.4, -0.2) is 13.1 Å². The second-order valence-corrected chi connectivity index (χ2v) is 4.15. The van der Waals surface area contributed by atoms with Gasteiger partial charge in [-0.2, -0.15) is 5.26 Å². The molecule has 1 atom stereocenters. The summed E-state index contributed by atoms with van der Waals surface area (Å²) in [6, 6.07) is 9.90. The molecule has 2 nitrogen and oxygen atoms in total. The first kappa shape index (κ1) is 13.3. The highest BCUT2D eigenvalue weighted by molar-refractivity contribution is 5.32. The zero-order valence-corrected chi connectivity index (χ0v) is 10.2. The van der Waals surface area contributed by atoms with E-state index in [0.717, 1.165) is 25.9 Å². The van der Waals surface area contributed by atoms with E-state index in [0.29, 0.717) is 11.5 Å². The first-order valence-corrected chi connectivity index (χ1v) is 5.92. The summed E-state index contributed by atoms with van der Waals surface area (Å²) in [4.78, 5) is 0. The van der Waals surface area contributed by atoms with Crippen LogP contribution in [0.4, 0.5) is 0 Å². The fourth-order valence-corrected chi connectivity index (χ4v) is 1.64. The second-order valence-electron chi connectivity index (χ2n) is 4.15. The van der Waals surface area contributed by atoms with E-state index in [1.807, 2.05) is 24.3 Å². The molecule has 0 radical (unpaired) electrons. The summed E-state index contributed by atoms with van der Waals surface area (Å²) < 4.78 is 0. The van der Waals surface area contributed by atoms with Crippen molar-refractivity contribution in [3.05, 3.63) is 35.4 Å². The first-order valence-electron chi connectivity index (χ1n) is 5.92. The summed E-state index contributed by atoms with van der Waals surface area (Å²) in [7, 11) is 0. The van der Waals surface area contributed by atoms with Crippen LogP contribution in [0.15, 0.2) is 24.3 Å². The number of nitriles is 1. The molecular weight excluding hydrogens is 208 g/mol. The average Bonchev–Trinajstić information content (AvgIpc) is 2.38. The Labute approximate surface area is 104 Å². The molecule has 0 aromatic heterocycles. The Kier molecular flexibility index (Phi) is 5.86. The third kappa shape index (κ3) is 4.72. The third-order valence-corrected chi connectivity index (χ3v) is 2.73. The van der Waals surface area contributed by atoms with Crippen molar-refractivity contribution in [1.29, 1.82) is 5.26 Å². The van der Waals surface area contributed by atoms with E-state index in [-0.39, 0.29) is 0 Å². The van der Waals surface area contributed by atoms with Gasteiger partial charge in [0, 0.05) is 13.0 Å². The van der Waals surface area contributed by atoms with Crippen molar-refractivity contribution in [2.45, 2.75) is 25.7 Å². The Balaban J connectivity index is 2.34. The maximum atomic E-state index is 8.71. The minimum absolute atomic E-state index is 0.452. The molecule has 2 heteroatoms. The standard InChI is InChI=1S/C15H18N2/c1-3-4-5-10-17-12-13(2)15-8-6-14(11-16)7-9-15/h1,6-9,13,17H,4-5,10,12H2,2H3. The Morgan fingerprint density at radius 1 is 1.35 bits per heavy atom. The number of nitrogens with zero attached hydrogens (tertiary/aromatic N) is 1. The van der Waals surface area contributed by atoms with Crippen molar-refractivity contribution in [3.63, 3.8) is 0 Å². The van der Waals surface area contributed by atoms with Crippen LogP contribution >= 0.6 is 0 Å². The summed E-state index contributed by atoms with van der Waals surface area (Å²) in [6.07, 6.45) is 7.04. The predicted molar refractivity (Wildman–Crippen MR) is 70.5 cm³/mol. The molecule has 0 saturated carbocycles. The Morgan fingerprint density at radius 2 is 2.06 bits per heavy atom. The molecule has 17 heavy (non-hydrogen) atoms. The molecule has 1 aromatic rings. The molecule has 0 aliphatic rings. The van der Waals surface area contributed by atoms with Gasteiger partial charge in [-0.25, -0.2) is 0 Å². The van der Waals surface area contributed by atoms with E-state index in [2.05, 4.69) is 24.2 Å². The van der Waals surface area contributed by atoms with Crippen molar-refractivity contribution in [3.8, 4) is 18.4 Å². The van der Waals surface area contributed by atoms with Crippen molar-refractivity contribution in [2.24, 2.45) is 0 Å². The molecular formula is C15H18N2. The molecule has 1 unspecified atom stereocenters. The van der Waals surface area contributed by atoms with E-state index in [9.17, 15) is 0 Å². The van der Waals surface area contributed by atoms with Crippen LogP contribution in [0.25, 0.3) is 0 Å². The van der Waals surface area contributed by atoms with Gasteiger partial charge in [0.1, 0.15) is 0 Å². The van der Waals surface area contributed by atoms with Crippen LogP contribution in [0, 0.1) is 23.7 Å². The maximum absolute atomic E-state index is 8.71. The van der Waals surface area contributed by atoms with Gasteiger partial charge >= 0.3 is 0 Å². The smallest absolute Gasteiger partial charge is 0.0991 e. The zero-order valence-electron chi connectivity index (χ0n) is 10.2. The Morgan fingerprint density at radius 3 is 2.65 bits per heavy atom. The van der Waals surface area contributed by atoms with Gasteiger partial charge in [0.2, 0.25) is 0 Å². The van der Waals surface area contributed by atoms with Crippen LogP contribution in [0.5, 0.6) is 0 Å². The van der Waals surface area contributed by atoms with Crippen LogP contribution in [0.2, 0.25) is 0 Å². The number of rotatable bonds is 6. The van der Waals surface area contributed by atoms with Gasteiger partial charge in [-0.3, -0.25) is 0 Å². The van der Waals surface area contributed by atoms with E-state index in [4.69, 9.17) is 11.7 Å². The molecule has 0 saturated heterocycles. The normalized spacial score (nSPS) is 11.5. The molecule has 88 valence electrons. The molecule has 1 N–H and O–H groups in total. The van der Waals surface area contributed by atoms with Crippen molar-refractivity contribution in [1.82, 2.24) is 5.32 Å². The number of terminal acetylenes is 1. The van der Waals surface area contributed by atoms with Crippen molar-refractivity contribution in [2.75, 3.05) is 13.1 Å². The zero-order chi connectivity index (χ0) is 12.5. The number of benzene rings is 1. The fraction of sp³-hybridized carbons (Fsp3) is 0.400. The monoisotopic (exact) mass is 226 g/mol. The van der Waals surface area contributed by atoms with E-state index in [1.165, 1.54) is 5.56 Å². The van der Waals surface area contributed by atoms with Crippen molar-refractivity contribution < 1.29 is 0 Å². The van der Waals surface area contributed by atoms with Gasteiger partial charge < -0.3 is 5.32 Å². The fourth-order valence-electron chi connectivity index (χ4n) is 1.64. The van der Waals surface area contributed by atoms with Crippen LogP contribution in [0.3, 0.4) is 0 Å². The number of hydrogen-bond acceptors (Lipinski definition) is 2. The highest BCUT2D eigenvalue weighted by Crippen LogP contribution is 2.14. The summed E-state index contributed by atoms with van der Waals surface area (Å²) in [5.74, 6) is 3.08. The Hall–Kier alpha value is -1.77. The van der Waals surface area contributed by atoms with E-state index in [1.54, 1.807) is 0 Å². The molecule has 0 amide bonds. The molecule has 0 fully saturated rings. The average molecular weight is 226 g/mol. The number of nitrogens with one attached hydrogen (secondary N) is 1. The van der Waals surface area contributed by atoms with Gasteiger partial charge in [-0.15, -0.1) is 12.3 Å². The molecule has 1 rings (SSSR count). The van der Waals surface area contributed by atoms with Gasteiger partial charge in [0.15, 0.2) is 0 Å². The molecule has 0 spiro atoms. The van der Waals surface area contributed by atoms with Crippen molar-refractivity contribution >= 4 is 0 Å². The molecule has 1 aromatic carbocycles. The van der Waals surface area contributed by atoms with E-state index < -0.39 is 0 Å². The minimum atomic E-state index is 0.452. The van der Waals surface area contributed by atoms with Crippen LogP contribution in [-0.2, 0) is 0 Å². The lowest BCUT2D eigenvalue weighted by Gasteiger charge is -2.12. The maximum Gasteiger partial charge on any atom is 0.0991 e. The Bertz CT molecular complexity index is 406. The molecule has 0 heterocycles.